The molecule has 1 rings (SSSR count). The molecule has 0 aromatic rings. The van der Waals surface area contributed by atoms with Crippen molar-refractivity contribution in [3.8, 4) is 0 Å². The Balaban J connectivity index is 3.02. The maximum Gasteiger partial charge on any atom is 0.241 e. The molecule has 0 bridgehead atoms. The average Bonchev–Trinajstić information content (AvgIpc) is 2.50. The number of hydrogen-bond donors (Lipinski definition) is 0. The second-order valence-electron chi connectivity index (χ2n) is 5.64. The molecule has 0 aliphatic carbocycles. The number of Topliss-reactive ketones (excluding diaryl/α,β-unsaturated/α-hetero) is 2. The Morgan fingerprint density at radius 2 is 1.83 bits per heavy atom. The smallest absolute Gasteiger partial charge is 0.241 e. The van der Waals surface area contributed by atoms with Crippen LogP contribution in [0.25, 0.3) is 0 Å². The van der Waals surface area contributed by atoms with E-state index in [1.54, 1.807) is 4.90 Å². The third-order valence-corrected chi connectivity index (χ3v) is 3.69. The van der Waals surface area contributed by atoms with E-state index in [4.69, 9.17) is 0 Å². The number of rotatable bonds is 5. The number of amides is 1. The predicted octanol–water partition coefficient (Wildman–Crippen LogP) is 1.67. The lowest BCUT2D eigenvalue weighted by molar-refractivity contribution is -0.138. The minimum atomic E-state index is -1.05. The summed E-state index contributed by atoms with van der Waals surface area (Å²) in [6.45, 7) is 9.83. The van der Waals surface area contributed by atoms with E-state index in [9.17, 15) is 14.4 Å². The third kappa shape index (κ3) is 2.62. The van der Waals surface area contributed by atoms with Crippen LogP contribution in [-0.4, -0.2) is 35.0 Å². The van der Waals surface area contributed by atoms with Crippen LogP contribution in [0.1, 0.15) is 41.0 Å². The molecule has 1 amide bonds. The number of carbonyl (C=O) groups is 3. The lowest BCUT2D eigenvalue weighted by atomic mass is 9.93. The molecule has 3 atom stereocenters. The number of likely N-dealkylation sites (tertiary alicyclic amines) is 1. The van der Waals surface area contributed by atoms with E-state index in [1.165, 1.54) is 6.92 Å². The monoisotopic (exact) mass is 253 g/mol. The van der Waals surface area contributed by atoms with Crippen LogP contribution in [0.5, 0.6) is 0 Å². The summed E-state index contributed by atoms with van der Waals surface area (Å²) < 4.78 is 0. The lowest BCUT2D eigenvalue weighted by Crippen LogP contribution is -2.41. The molecule has 1 fully saturated rings. The Labute approximate surface area is 109 Å². The summed E-state index contributed by atoms with van der Waals surface area (Å²) in [5.74, 6) is -1.51. The van der Waals surface area contributed by atoms with Crippen LogP contribution >= 0.6 is 0 Å². The molecule has 4 heteroatoms. The van der Waals surface area contributed by atoms with E-state index in [0.29, 0.717) is 12.5 Å². The normalized spacial score (nSPS) is 26.0. The Morgan fingerprint density at radius 1 is 1.28 bits per heavy atom. The van der Waals surface area contributed by atoms with Gasteiger partial charge in [-0.1, -0.05) is 34.1 Å². The number of carbonyl (C=O) groups excluding carboxylic acids is 3. The summed E-state index contributed by atoms with van der Waals surface area (Å²) in [7, 11) is 0. The summed E-state index contributed by atoms with van der Waals surface area (Å²) in [6, 6.07) is -0.430. The van der Waals surface area contributed by atoms with Crippen LogP contribution in [-0.2, 0) is 14.4 Å². The van der Waals surface area contributed by atoms with Gasteiger partial charge in [0.1, 0.15) is 5.78 Å². The molecule has 102 valence electrons. The van der Waals surface area contributed by atoms with Gasteiger partial charge in [-0.15, -0.1) is 0 Å². The minimum absolute atomic E-state index is 0.0508. The molecule has 0 aromatic heterocycles. The molecule has 0 spiro atoms. The van der Waals surface area contributed by atoms with Crippen molar-refractivity contribution < 1.29 is 14.4 Å². The highest BCUT2D eigenvalue weighted by molar-refractivity contribution is 6.23. The summed E-state index contributed by atoms with van der Waals surface area (Å²) in [5, 5.41) is 0. The van der Waals surface area contributed by atoms with Crippen molar-refractivity contribution in [2.24, 2.45) is 17.8 Å². The van der Waals surface area contributed by atoms with Gasteiger partial charge in [0.25, 0.3) is 0 Å². The summed E-state index contributed by atoms with van der Waals surface area (Å²) in [6.07, 6.45) is 0.952. The average molecular weight is 253 g/mol. The van der Waals surface area contributed by atoms with Gasteiger partial charge >= 0.3 is 0 Å². The summed E-state index contributed by atoms with van der Waals surface area (Å²) in [5.41, 5.74) is 0. The van der Waals surface area contributed by atoms with E-state index >= 15 is 0 Å². The fraction of sp³-hybridized carbons (Fsp3) is 0.786. The van der Waals surface area contributed by atoms with Crippen LogP contribution in [0.15, 0.2) is 0 Å². The maximum absolute atomic E-state index is 12.2. The highest BCUT2D eigenvalue weighted by Gasteiger charge is 2.50. The van der Waals surface area contributed by atoms with E-state index in [0.717, 1.165) is 6.42 Å². The molecule has 3 unspecified atom stereocenters. The van der Waals surface area contributed by atoms with Crippen molar-refractivity contribution in [1.29, 1.82) is 0 Å². The van der Waals surface area contributed by atoms with Crippen LogP contribution in [0.4, 0.5) is 0 Å². The fourth-order valence-corrected chi connectivity index (χ4v) is 2.48. The van der Waals surface area contributed by atoms with Crippen molar-refractivity contribution >= 4 is 17.5 Å². The molecule has 1 aliphatic rings. The molecule has 18 heavy (non-hydrogen) atoms. The first-order valence-electron chi connectivity index (χ1n) is 6.65. The van der Waals surface area contributed by atoms with Crippen molar-refractivity contribution in [1.82, 2.24) is 4.90 Å². The van der Waals surface area contributed by atoms with Gasteiger partial charge in [0.15, 0.2) is 11.7 Å². The zero-order valence-electron chi connectivity index (χ0n) is 11.9. The second kappa shape index (κ2) is 5.63. The third-order valence-electron chi connectivity index (χ3n) is 3.69. The van der Waals surface area contributed by atoms with Gasteiger partial charge in [-0.05, 0) is 18.8 Å². The SMILES string of the molecule is CCC(C)CN1C(=O)C(C(C)=O)C(=O)C1C(C)C. The first kappa shape index (κ1) is 14.9. The Morgan fingerprint density at radius 3 is 2.22 bits per heavy atom. The Hall–Kier alpha value is -1.19. The molecule has 1 saturated heterocycles. The van der Waals surface area contributed by atoms with Crippen molar-refractivity contribution in [2.45, 2.75) is 47.1 Å². The first-order valence-corrected chi connectivity index (χ1v) is 6.65. The number of nitrogens with zero attached hydrogens (tertiary/aromatic N) is 1. The lowest BCUT2D eigenvalue weighted by Gasteiger charge is -2.28. The fourth-order valence-electron chi connectivity index (χ4n) is 2.48. The summed E-state index contributed by atoms with van der Waals surface area (Å²) >= 11 is 0. The molecule has 0 N–H and O–H groups in total. The van der Waals surface area contributed by atoms with Gasteiger partial charge in [0, 0.05) is 6.54 Å². The molecule has 0 aromatic carbocycles. The van der Waals surface area contributed by atoms with E-state index in [-0.39, 0.29) is 23.4 Å². The van der Waals surface area contributed by atoms with Crippen molar-refractivity contribution in [3.63, 3.8) is 0 Å². The van der Waals surface area contributed by atoms with E-state index in [2.05, 4.69) is 13.8 Å². The Bertz CT molecular complexity index is 362. The molecule has 4 nitrogen and oxygen atoms in total. The second-order valence-corrected chi connectivity index (χ2v) is 5.64. The highest BCUT2D eigenvalue weighted by Crippen LogP contribution is 2.28. The summed E-state index contributed by atoms with van der Waals surface area (Å²) in [4.78, 5) is 37.5. The maximum atomic E-state index is 12.2. The standard InChI is InChI=1S/C14H23NO3/c1-6-9(4)7-15-12(8(2)3)13(17)11(10(5)16)14(15)18/h8-9,11-12H,6-7H2,1-5H3. The molecule has 1 aliphatic heterocycles. The van der Waals surface area contributed by atoms with Crippen molar-refractivity contribution in [2.75, 3.05) is 6.54 Å². The van der Waals surface area contributed by atoms with Gasteiger partial charge in [-0.3, -0.25) is 14.4 Å². The molecular formula is C14H23NO3. The van der Waals surface area contributed by atoms with Gasteiger partial charge in [0.05, 0.1) is 6.04 Å². The Kier molecular flexibility index (Phi) is 4.65. The largest absolute Gasteiger partial charge is 0.331 e. The minimum Gasteiger partial charge on any atom is -0.331 e. The van der Waals surface area contributed by atoms with Gasteiger partial charge in [-0.25, -0.2) is 0 Å². The zero-order chi connectivity index (χ0) is 14.0. The number of hydrogen-bond acceptors (Lipinski definition) is 3. The molecular weight excluding hydrogens is 230 g/mol. The molecule has 0 saturated carbocycles. The molecule has 1 heterocycles. The highest BCUT2D eigenvalue weighted by atomic mass is 16.2. The number of ketones is 2. The van der Waals surface area contributed by atoms with Crippen molar-refractivity contribution in [3.05, 3.63) is 0 Å². The van der Waals surface area contributed by atoms with E-state index in [1.807, 2.05) is 13.8 Å². The van der Waals surface area contributed by atoms with E-state index < -0.39 is 12.0 Å². The topological polar surface area (TPSA) is 54.5 Å². The van der Waals surface area contributed by atoms with Gasteiger partial charge in [0.2, 0.25) is 5.91 Å². The quantitative estimate of drug-likeness (QED) is 0.700. The van der Waals surface area contributed by atoms with Crippen LogP contribution in [0.2, 0.25) is 0 Å². The van der Waals surface area contributed by atoms with Crippen LogP contribution in [0.3, 0.4) is 0 Å². The van der Waals surface area contributed by atoms with Gasteiger partial charge in [-0.2, -0.15) is 0 Å². The predicted molar refractivity (Wildman–Crippen MR) is 69.0 cm³/mol. The molecule has 0 radical (unpaired) electrons. The zero-order valence-corrected chi connectivity index (χ0v) is 11.9. The van der Waals surface area contributed by atoms with Crippen LogP contribution < -0.4 is 0 Å². The first-order chi connectivity index (χ1) is 8.31. The van der Waals surface area contributed by atoms with Crippen LogP contribution in [0, 0.1) is 17.8 Å². The van der Waals surface area contributed by atoms with Gasteiger partial charge < -0.3 is 4.90 Å².